The van der Waals surface area contributed by atoms with Gasteiger partial charge in [0.15, 0.2) is 21.3 Å². The fourth-order valence-electron chi connectivity index (χ4n) is 4.32. The van der Waals surface area contributed by atoms with Crippen LogP contribution in [0.1, 0.15) is 31.2 Å². The van der Waals surface area contributed by atoms with Crippen molar-refractivity contribution in [2.45, 2.75) is 48.4 Å². The van der Waals surface area contributed by atoms with E-state index in [9.17, 15) is 43.5 Å². The molecule has 8 nitrogen and oxygen atoms in total. The number of halogens is 8. The Morgan fingerprint density at radius 3 is 2.12 bits per heavy atom. The highest BCUT2D eigenvalue weighted by molar-refractivity contribution is 7.91. The summed E-state index contributed by atoms with van der Waals surface area (Å²) in [6.07, 6.45) is -8.19. The minimum absolute atomic E-state index is 0.0876. The summed E-state index contributed by atoms with van der Waals surface area (Å²) in [4.78, 5) is 11.8. The Labute approximate surface area is 226 Å². The first kappa shape index (κ1) is 28.8. The molecule has 17 heteroatoms. The van der Waals surface area contributed by atoms with Gasteiger partial charge in [0.2, 0.25) is 0 Å². The molecule has 4 heterocycles. The van der Waals surface area contributed by atoms with Gasteiger partial charge in [0.1, 0.15) is 22.3 Å². The van der Waals surface area contributed by atoms with Gasteiger partial charge in [-0.15, -0.1) is 10.2 Å². The van der Waals surface area contributed by atoms with E-state index < -0.39 is 50.5 Å². The van der Waals surface area contributed by atoms with Crippen LogP contribution in [0.5, 0.6) is 0 Å². The molecule has 0 unspecified atom stereocenters. The van der Waals surface area contributed by atoms with Gasteiger partial charge in [-0.1, -0.05) is 13.0 Å². The predicted molar refractivity (Wildman–Crippen MR) is 127 cm³/mol. The van der Waals surface area contributed by atoms with Crippen LogP contribution >= 0.6 is 0 Å². The molecule has 0 spiro atoms. The predicted octanol–water partition coefficient (Wildman–Crippen LogP) is 5.53. The molecule has 0 aliphatic heterocycles. The number of pyridine rings is 2. The molecule has 1 aliphatic carbocycles. The van der Waals surface area contributed by atoms with Gasteiger partial charge in [-0.3, -0.25) is 9.97 Å². The summed E-state index contributed by atoms with van der Waals surface area (Å²) in [6.45, 7) is 1.35. The van der Waals surface area contributed by atoms with Crippen molar-refractivity contribution in [3.63, 3.8) is 0 Å². The largest absolute Gasteiger partial charge is 0.459 e. The van der Waals surface area contributed by atoms with Crippen molar-refractivity contribution >= 4 is 21.0 Å². The third kappa shape index (κ3) is 4.59. The van der Waals surface area contributed by atoms with Crippen LogP contribution in [0, 0.1) is 0 Å². The number of sulfone groups is 1. The van der Waals surface area contributed by atoms with Gasteiger partial charge in [-0.25, -0.2) is 13.4 Å². The lowest BCUT2D eigenvalue weighted by Crippen LogP contribution is -2.34. The van der Waals surface area contributed by atoms with Crippen molar-refractivity contribution < 1.29 is 43.5 Å². The average Bonchev–Trinajstić information content (AvgIpc) is 3.67. The molecule has 0 atom stereocenters. The summed E-state index contributed by atoms with van der Waals surface area (Å²) in [7, 11) is -2.73. The summed E-state index contributed by atoms with van der Waals surface area (Å²) < 4.78 is 134. The number of aromatic nitrogens is 6. The molecule has 41 heavy (non-hydrogen) atoms. The van der Waals surface area contributed by atoms with Crippen LogP contribution in [0.15, 0.2) is 41.6 Å². The summed E-state index contributed by atoms with van der Waals surface area (Å²) in [5.41, 5.74) is -4.27. The quantitative estimate of drug-likeness (QED) is 0.266. The van der Waals surface area contributed by atoms with Crippen molar-refractivity contribution in [3.8, 4) is 22.6 Å². The van der Waals surface area contributed by atoms with Crippen molar-refractivity contribution in [2.75, 3.05) is 5.75 Å². The third-order valence-electron chi connectivity index (χ3n) is 6.95. The van der Waals surface area contributed by atoms with E-state index >= 15 is 0 Å². The number of nitrogens with zero attached hydrogens (tertiary/aromatic N) is 6. The van der Waals surface area contributed by atoms with Gasteiger partial charge in [0.25, 0.3) is 0 Å². The summed E-state index contributed by atoms with van der Waals surface area (Å²) >= 11 is 0. The number of rotatable bonds is 6. The normalized spacial score (nSPS) is 15.9. The van der Waals surface area contributed by atoms with Crippen LogP contribution < -0.4 is 0 Å². The van der Waals surface area contributed by atoms with Gasteiger partial charge in [0, 0.05) is 30.6 Å². The molecule has 4 aromatic heterocycles. The number of alkyl halides is 8. The lowest BCUT2D eigenvalue weighted by molar-refractivity contribution is -0.291. The van der Waals surface area contributed by atoms with Crippen molar-refractivity contribution in [2.24, 2.45) is 7.05 Å². The minimum Gasteiger partial charge on any atom is -0.309 e. The molecule has 0 saturated heterocycles. The Morgan fingerprint density at radius 2 is 1.59 bits per heavy atom. The Kier molecular flexibility index (Phi) is 6.40. The molecule has 0 N–H and O–H groups in total. The van der Waals surface area contributed by atoms with E-state index in [4.69, 9.17) is 0 Å². The molecule has 1 fully saturated rings. The van der Waals surface area contributed by atoms with Crippen molar-refractivity contribution in [3.05, 3.63) is 48.0 Å². The zero-order valence-corrected chi connectivity index (χ0v) is 21.8. The second-order valence-electron chi connectivity index (χ2n) is 9.49. The van der Waals surface area contributed by atoms with Gasteiger partial charge < -0.3 is 4.57 Å². The second-order valence-corrected chi connectivity index (χ2v) is 11.7. The highest BCUT2D eigenvalue weighted by Gasteiger charge is 2.65. The van der Waals surface area contributed by atoms with Gasteiger partial charge >= 0.3 is 18.3 Å². The van der Waals surface area contributed by atoms with Crippen LogP contribution in [0.3, 0.4) is 0 Å². The van der Waals surface area contributed by atoms with E-state index in [1.807, 2.05) is 0 Å². The number of hydrogen-bond acceptors (Lipinski definition) is 7. The maximum atomic E-state index is 13.8. The maximum Gasteiger partial charge on any atom is 0.459 e. The SMILES string of the molecule is CCS(=O)(=O)c1cc(-c2ccc(C3(C(F)(F)F)CC3)nc2)cnc1-c1nc2cc(C(F)(F)C(F)(F)F)nnc2n1C. The zero-order chi connectivity index (χ0) is 30.2. The topological polar surface area (TPSA) is 104 Å². The highest BCUT2D eigenvalue weighted by atomic mass is 32.2. The number of fused-ring (bicyclic) bond motifs is 1. The first-order valence-electron chi connectivity index (χ1n) is 11.8. The molecule has 0 amide bonds. The van der Waals surface area contributed by atoms with Gasteiger partial charge in [-0.05, 0) is 31.0 Å². The smallest absolute Gasteiger partial charge is 0.309 e. The van der Waals surface area contributed by atoms with Crippen LogP contribution in [0.4, 0.5) is 35.1 Å². The molecule has 1 aliphatic rings. The fraction of sp³-hybridized carbons (Fsp3) is 0.375. The maximum absolute atomic E-state index is 13.8. The molecule has 218 valence electrons. The molecule has 0 radical (unpaired) electrons. The molecule has 1 saturated carbocycles. The van der Waals surface area contributed by atoms with Crippen LogP contribution in [-0.2, 0) is 28.2 Å². The van der Waals surface area contributed by atoms with Gasteiger partial charge in [-0.2, -0.15) is 35.1 Å². The zero-order valence-electron chi connectivity index (χ0n) is 21.0. The average molecular weight is 606 g/mol. The summed E-state index contributed by atoms with van der Waals surface area (Å²) in [5.74, 6) is -5.93. The van der Waals surface area contributed by atoms with Crippen LogP contribution in [0.25, 0.3) is 33.8 Å². The Morgan fingerprint density at radius 1 is 0.927 bits per heavy atom. The monoisotopic (exact) mass is 606 g/mol. The van der Waals surface area contributed by atoms with E-state index in [-0.39, 0.29) is 51.7 Å². The summed E-state index contributed by atoms with van der Waals surface area (Å²) in [6, 6.07) is 4.20. The van der Waals surface area contributed by atoms with Crippen LogP contribution in [-0.4, -0.2) is 56.2 Å². The van der Waals surface area contributed by atoms with Crippen molar-refractivity contribution in [1.82, 2.24) is 29.7 Å². The van der Waals surface area contributed by atoms with E-state index in [0.29, 0.717) is 6.07 Å². The Balaban J connectivity index is 1.60. The van der Waals surface area contributed by atoms with Crippen LogP contribution in [0.2, 0.25) is 0 Å². The number of hydrogen-bond donors (Lipinski definition) is 0. The summed E-state index contributed by atoms with van der Waals surface area (Å²) in [5, 5.41) is 6.44. The van der Waals surface area contributed by atoms with Crippen molar-refractivity contribution in [1.29, 1.82) is 0 Å². The molecule has 0 aromatic carbocycles. The fourth-order valence-corrected chi connectivity index (χ4v) is 5.37. The Bertz CT molecular complexity index is 1760. The first-order chi connectivity index (χ1) is 18.9. The van der Waals surface area contributed by atoms with E-state index in [1.165, 1.54) is 44.6 Å². The van der Waals surface area contributed by atoms with E-state index in [1.54, 1.807) is 0 Å². The molecule has 4 aromatic rings. The molecular weight excluding hydrogens is 588 g/mol. The Hall–Kier alpha value is -3.76. The third-order valence-corrected chi connectivity index (χ3v) is 8.70. The highest BCUT2D eigenvalue weighted by Crippen LogP contribution is 2.58. The molecular formula is C24H18F8N6O2S. The minimum atomic E-state index is -5.94. The second kappa shape index (κ2) is 9.12. The first-order valence-corrected chi connectivity index (χ1v) is 13.5. The van der Waals surface area contributed by atoms with Gasteiger partial charge in [0.05, 0.1) is 16.3 Å². The molecule has 5 rings (SSSR count). The van der Waals surface area contributed by atoms with E-state index in [2.05, 4.69) is 25.1 Å². The number of aryl methyl sites for hydroxylation is 1. The van der Waals surface area contributed by atoms with E-state index in [0.717, 1.165) is 4.57 Å². The number of imidazole rings is 1. The lowest BCUT2D eigenvalue weighted by Gasteiger charge is -2.18. The molecule has 0 bridgehead atoms. The lowest BCUT2D eigenvalue weighted by atomic mass is 9.99. The standard InChI is InChI=1S/C24H18F8N6O2S/c1-3-41(39,40)15-8-13(12-4-5-16(33-10-12)21(6-7-21)23(27,28)29)11-34-18(15)20-35-14-9-17(22(25,26)24(30,31)32)36-37-19(14)38(20)2/h4-5,8-11H,3,6-7H2,1-2H3.